The van der Waals surface area contributed by atoms with E-state index in [1.807, 2.05) is 0 Å². The SMILES string of the molecule is CCC(CC)C(C)N1CCC(CNCC(C)C)C1. The van der Waals surface area contributed by atoms with E-state index >= 15 is 0 Å². The standard InChI is InChI=1S/C16H34N2/c1-6-16(7-2)14(5)18-9-8-15(12-18)11-17-10-13(3)4/h13-17H,6-12H2,1-5H3. The summed E-state index contributed by atoms with van der Waals surface area (Å²) in [5.74, 6) is 2.53. The van der Waals surface area contributed by atoms with Crippen molar-refractivity contribution in [2.75, 3.05) is 26.2 Å². The maximum atomic E-state index is 3.62. The van der Waals surface area contributed by atoms with E-state index in [0.29, 0.717) is 0 Å². The fourth-order valence-corrected chi connectivity index (χ4v) is 3.24. The van der Waals surface area contributed by atoms with Crippen LogP contribution in [0.3, 0.4) is 0 Å². The first-order valence-electron chi connectivity index (χ1n) is 8.03. The largest absolute Gasteiger partial charge is 0.316 e. The average Bonchev–Trinajstić information content (AvgIpc) is 2.78. The number of rotatable bonds is 8. The van der Waals surface area contributed by atoms with E-state index in [2.05, 4.69) is 44.8 Å². The molecule has 2 unspecified atom stereocenters. The first-order chi connectivity index (χ1) is 8.58. The van der Waals surface area contributed by atoms with Crippen molar-refractivity contribution < 1.29 is 0 Å². The van der Waals surface area contributed by atoms with Crippen LogP contribution in [0, 0.1) is 17.8 Å². The van der Waals surface area contributed by atoms with E-state index < -0.39 is 0 Å². The van der Waals surface area contributed by atoms with E-state index in [1.54, 1.807) is 0 Å². The molecule has 0 spiro atoms. The van der Waals surface area contributed by atoms with Gasteiger partial charge in [-0.15, -0.1) is 0 Å². The highest BCUT2D eigenvalue weighted by Gasteiger charge is 2.28. The summed E-state index contributed by atoms with van der Waals surface area (Å²) in [6, 6.07) is 0.773. The van der Waals surface area contributed by atoms with Crippen molar-refractivity contribution in [3.8, 4) is 0 Å². The molecule has 0 aromatic carbocycles. The first kappa shape index (κ1) is 16.0. The molecule has 1 N–H and O–H groups in total. The molecule has 1 aliphatic rings. The summed E-state index contributed by atoms with van der Waals surface area (Å²) < 4.78 is 0. The van der Waals surface area contributed by atoms with E-state index in [-0.39, 0.29) is 0 Å². The van der Waals surface area contributed by atoms with Crippen molar-refractivity contribution in [2.45, 2.75) is 59.9 Å². The second-order valence-corrected chi connectivity index (χ2v) is 6.52. The van der Waals surface area contributed by atoms with Crippen molar-refractivity contribution in [3.63, 3.8) is 0 Å². The Morgan fingerprint density at radius 1 is 1.17 bits per heavy atom. The minimum atomic E-state index is 0.769. The lowest BCUT2D eigenvalue weighted by Crippen LogP contribution is -2.37. The Kier molecular flexibility index (Phi) is 7.25. The molecule has 0 aromatic rings. The Labute approximate surface area is 115 Å². The number of nitrogens with zero attached hydrogens (tertiary/aromatic N) is 1. The zero-order chi connectivity index (χ0) is 13.5. The van der Waals surface area contributed by atoms with Gasteiger partial charge in [0.15, 0.2) is 0 Å². The summed E-state index contributed by atoms with van der Waals surface area (Å²) in [6.07, 6.45) is 4.03. The molecule has 108 valence electrons. The molecule has 2 nitrogen and oxygen atoms in total. The zero-order valence-corrected chi connectivity index (χ0v) is 13.2. The number of likely N-dealkylation sites (tertiary alicyclic amines) is 1. The molecule has 1 fully saturated rings. The van der Waals surface area contributed by atoms with Crippen molar-refractivity contribution >= 4 is 0 Å². The lowest BCUT2D eigenvalue weighted by Gasteiger charge is -2.31. The average molecular weight is 254 g/mol. The molecule has 0 aliphatic carbocycles. The Morgan fingerprint density at radius 2 is 1.83 bits per heavy atom. The highest BCUT2D eigenvalue weighted by atomic mass is 15.2. The quantitative estimate of drug-likeness (QED) is 0.714. The van der Waals surface area contributed by atoms with Crippen LogP contribution in [0.4, 0.5) is 0 Å². The predicted octanol–water partition coefficient (Wildman–Crippen LogP) is 3.38. The van der Waals surface area contributed by atoms with Crippen LogP contribution in [0.5, 0.6) is 0 Å². The molecule has 2 heteroatoms. The monoisotopic (exact) mass is 254 g/mol. The minimum absolute atomic E-state index is 0.769. The highest BCUT2D eigenvalue weighted by Crippen LogP contribution is 2.24. The maximum absolute atomic E-state index is 3.62. The maximum Gasteiger partial charge on any atom is 0.00951 e. The molecule has 1 aliphatic heterocycles. The van der Waals surface area contributed by atoms with Crippen LogP contribution in [0.25, 0.3) is 0 Å². The third-order valence-electron chi connectivity index (χ3n) is 4.61. The molecule has 0 radical (unpaired) electrons. The van der Waals surface area contributed by atoms with Gasteiger partial charge in [-0.25, -0.2) is 0 Å². The Hall–Kier alpha value is -0.0800. The predicted molar refractivity (Wildman–Crippen MR) is 80.9 cm³/mol. The number of hydrogen-bond donors (Lipinski definition) is 1. The number of hydrogen-bond acceptors (Lipinski definition) is 2. The van der Waals surface area contributed by atoms with Gasteiger partial charge in [0.25, 0.3) is 0 Å². The van der Waals surface area contributed by atoms with E-state index in [0.717, 1.165) is 23.8 Å². The van der Waals surface area contributed by atoms with Gasteiger partial charge in [0.05, 0.1) is 0 Å². The molecule has 2 atom stereocenters. The molecule has 18 heavy (non-hydrogen) atoms. The molecular weight excluding hydrogens is 220 g/mol. The van der Waals surface area contributed by atoms with Gasteiger partial charge in [0.2, 0.25) is 0 Å². The van der Waals surface area contributed by atoms with Crippen molar-refractivity contribution in [1.29, 1.82) is 0 Å². The molecule has 0 saturated carbocycles. The van der Waals surface area contributed by atoms with Gasteiger partial charge >= 0.3 is 0 Å². The minimum Gasteiger partial charge on any atom is -0.316 e. The Bertz CT molecular complexity index is 211. The van der Waals surface area contributed by atoms with Crippen LogP contribution < -0.4 is 5.32 Å². The molecule has 0 aromatic heterocycles. The molecule has 1 rings (SSSR count). The molecule has 0 bridgehead atoms. The van der Waals surface area contributed by atoms with Crippen LogP contribution in [0.1, 0.15) is 53.9 Å². The molecule has 0 amide bonds. The van der Waals surface area contributed by atoms with Crippen LogP contribution in [0.15, 0.2) is 0 Å². The Balaban J connectivity index is 2.27. The van der Waals surface area contributed by atoms with E-state index in [4.69, 9.17) is 0 Å². The second kappa shape index (κ2) is 8.16. The van der Waals surface area contributed by atoms with Crippen molar-refractivity contribution in [2.24, 2.45) is 17.8 Å². The highest BCUT2D eigenvalue weighted by molar-refractivity contribution is 4.83. The van der Waals surface area contributed by atoms with Gasteiger partial charge in [-0.3, -0.25) is 0 Å². The third kappa shape index (κ3) is 4.89. The summed E-state index contributed by atoms with van der Waals surface area (Å²) in [7, 11) is 0. The second-order valence-electron chi connectivity index (χ2n) is 6.52. The summed E-state index contributed by atoms with van der Waals surface area (Å²) in [5.41, 5.74) is 0. The van der Waals surface area contributed by atoms with E-state index in [9.17, 15) is 0 Å². The summed E-state index contributed by atoms with van der Waals surface area (Å²) in [4.78, 5) is 2.72. The summed E-state index contributed by atoms with van der Waals surface area (Å²) in [6.45, 7) is 16.7. The fourth-order valence-electron chi connectivity index (χ4n) is 3.24. The van der Waals surface area contributed by atoms with Crippen LogP contribution in [-0.4, -0.2) is 37.1 Å². The van der Waals surface area contributed by atoms with Gasteiger partial charge in [-0.1, -0.05) is 40.5 Å². The number of nitrogens with one attached hydrogen (secondary N) is 1. The lowest BCUT2D eigenvalue weighted by molar-refractivity contribution is 0.175. The summed E-state index contributed by atoms with van der Waals surface area (Å²) in [5, 5.41) is 3.62. The van der Waals surface area contributed by atoms with Gasteiger partial charge < -0.3 is 10.2 Å². The van der Waals surface area contributed by atoms with Crippen molar-refractivity contribution in [3.05, 3.63) is 0 Å². The molecule has 1 heterocycles. The smallest absolute Gasteiger partial charge is 0.00951 e. The van der Waals surface area contributed by atoms with Gasteiger partial charge in [-0.05, 0) is 50.7 Å². The lowest BCUT2D eigenvalue weighted by atomic mass is 9.94. The van der Waals surface area contributed by atoms with Crippen LogP contribution in [-0.2, 0) is 0 Å². The van der Waals surface area contributed by atoms with Gasteiger partial charge in [0.1, 0.15) is 0 Å². The topological polar surface area (TPSA) is 15.3 Å². The molecular formula is C16H34N2. The van der Waals surface area contributed by atoms with Crippen molar-refractivity contribution in [1.82, 2.24) is 10.2 Å². The molecule has 1 saturated heterocycles. The fraction of sp³-hybridized carbons (Fsp3) is 1.00. The summed E-state index contributed by atoms with van der Waals surface area (Å²) >= 11 is 0. The third-order valence-corrected chi connectivity index (χ3v) is 4.61. The van der Waals surface area contributed by atoms with Crippen LogP contribution in [0.2, 0.25) is 0 Å². The normalized spacial score (nSPS) is 23.2. The van der Waals surface area contributed by atoms with E-state index in [1.165, 1.54) is 45.4 Å². The van der Waals surface area contributed by atoms with Gasteiger partial charge in [-0.2, -0.15) is 0 Å². The van der Waals surface area contributed by atoms with Crippen LogP contribution >= 0.6 is 0 Å². The van der Waals surface area contributed by atoms with Gasteiger partial charge in [0, 0.05) is 12.6 Å². The first-order valence-corrected chi connectivity index (χ1v) is 8.03. The zero-order valence-electron chi connectivity index (χ0n) is 13.2. The Morgan fingerprint density at radius 3 is 2.39 bits per heavy atom.